The first-order chi connectivity index (χ1) is 17.0. The molecule has 0 bridgehead atoms. The lowest BCUT2D eigenvalue weighted by atomic mass is 9.71. The number of carbonyl (C=O) groups is 3. The molecule has 2 fully saturated rings. The van der Waals surface area contributed by atoms with Gasteiger partial charge in [0.05, 0.1) is 5.54 Å². The van der Waals surface area contributed by atoms with Gasteiger partial charge in [-0.05, 0) is 62.3 Å². The first-order valence-electron chi connectivity index (χ1n) is 12.3. The molecule has 3 aliphatic rings. The summed E-state index contributed by atoms with van der Waals surface area (Å²) in [6, 6.07) is 17.0. The molecular formula is C27H30N4O3S. The highest BCUT2D eigenvalue weighted by Crippen LogP contribution is 2.41. The number of nitrogens with zero attached hydrogens (tertiary/aromatic N) is 2. The molecule has 5 rings (SSSR count). The van der Waals surface area contributed by atoms with E-state index in [9.17, 15) is 14.4 Å². The van der Waals surface area contributed by atoms with Crippen molar-refractivity contribution >= 4 is 40.3 Å². The number of benzene rings is 2. The molecule has 1 atom stereocenters. The topological polar surface area (TPSA) is 90.9 Å². The first kappa shape index (κ1) is 23.6. The lowest BCUT2D eigenvalue weighted by molar-refractivity contribution is -0.121. The molecule has 2 aromatic carbocycles. The van der Waals surface area contributed by atoms with Gasteiger partial charge in [-0.3, -0.25) is 14.4 Å². The van der Waals surface area contributed by atoms with E-state index in [0.717, 1.165) is 55.9 Å². The van der Waals surface area contributed by atoms with E-state index < -0.39 is 5.25 Å². The lowest BCUT2D eigenvalue weighted by Crippen LogP contribution is -2.50. The molecule has 0 spiro atoms. The van der Waals surface area contributed by atoms with Crippen LogP contribution >= 0.6 is 11.8 Å². The normalized spacial score (nSPS) is 21.1. The van der Waals surface area contributed by atoms with Crippen LogP contribution in [0.2, 0.25) is 0 Å². The summed E-state index contributed by atoms with van der Waals surface area (Å²) in [6.45, 7) is 1.83. The van der Waals surface area contributed by atoms with E-state index in [-0.39, 0.29) is 29.7 Å². The zero-order valence-electron chi connectivity index (χ0n) is 19.7. The number of anilines is 1. The Hall–Kier alpha value is -3.13. The van der Waals surface area contributed by atoms with Gasteiger partial charge in [0.1, 0.15) is 5.25 Å². The number of hydrogen-bond donors (Lipinski definition) is 2. The van der Waals surface area contributed by atoms with Gasteiger partial charge in [0.2, 0.25) is 5.91 Å². The van der Waals surface area contributed by atoms with E-state index >= 15 is 0 Å². The molecule has 2 N–H and O–H groups in total. The maximum absolute atomic E-state index is 13.1. The number of nitrogens with one attached hydrogen (secondary N) is 2. The van der Waals surface area contributed by atoms with E-state index in [4.69, 9.17) is 0 Å². The predicted molar refractivity (Wildman–Crippen MR) is 138 cm³/mol. The molecule has 35 heavy (non-hydrogen) atoms. The number of piperidine rings is 1. The van der Waals surface area contributed by atoms with Gasteiger partial charge in [-0.15, -0.1) is 0 Å². The smallest absolute Gasteiger partial charge is 0.262 e. The third-order valence-electron chi connectivity index (χ3n) is 7.02. The minimum atomic E-state index is -0.497. The fourth-order valence-electron chi connectivity index (χ4n) is 4.91. The van der Waals surface area contributed by atoms with Crippen molar-refractivity contribution in [2.24, 2.45) is 4.99 Å². The Morgan fingerprint density at radius 3 is 2.49 bits per heavy atom. The van der Waals surface area contributed by atoms with E-state index in [2.05, 4.69) is 32.7 Å². The molecule has 1 saturated heterocycles. The number of carbonyl (C=O) groups excluding carboxylic acids is 3. The van der Waals surface area contributed by atoms with E-state index in [0.29, 0.717) is 11.3 Å². The van der Waals surface area contributed by atoms with Gasteiger partial charge >= 0.3 is 0 Å². The van der Waals surface area contributed by atoms with Crippen LogP contribution < -0.4 is 10.6 Å². The fourth-order valence-corrected chi connectivity index (χ4v) is 6.03. The van der Waals surface area contributed by atoms with Crippen molar-refractivity contribution in [2.75, 3.05) is 18.4 Å². The van der Waals surface area contributed by atoms with E-state index in [1.165, 1.54) is 18.2 Å². The van der Waals surface area contributed by atoms with Crippen LogP contribution in [0.15, 0.2) is 59.6 Å². The summed E-state index contributed by atoms with van der Waals surface area (Å²) in [7, 11) is 0. The number of amidine groups is 1. The van der Waals surface area contributed by atoms with Gasteiger partial charge < -0.3 is 15.5 Å². The summed E-state index contributed by atoms with van der Waals surface area (Å²) in [4.78, 5) is 44.5. The van der Waals surface area contributed by atoms with Crippen LogP contribution in [0.25, 0.3) is 0 Å². The van der Waals surface area contributed by atoms with Crippen LogP contribution in [-0.4, -0.2) is 46.1 Å². The van der Waals surface area contributed by atoms with Crippen LogP contribution in [0, 0.1) is 0 Å². The van der Waals surface area contributed by atoms with Crippen LogP contribution in [0.3, 0.4) is 0 Å². The molecule has 1 saturated carbocycles. The Morgan fingerprint density at radius 2 is 1.77 bits per heavy atom. The average Bonchev–Trinajstić information content (AvgIpc) is 3.22. The van der Waals surface area contributed by atoms with Crippen molar-refractivity contribution in [2.45, 2.75) is 55.7 Å². The van der Waals surface area contributed by atoms with Crippen molar-refractivity contribution in [1.29, 1.82) is 0 Å². The highest BCUT2D eigenvalue weighted by molar-refractivity contribution is 8.15. The standard InChI is InChI=1S/C27H30N4O3S/c32-23(18-22-25(34)29-26(35-22)31-15-5-2-6-16-31)28-21-12-7-9-19(17-21)24(33)30-27(13-8-14-27)20-10-3-1-4-11-20/h1,3-4,7,9-12,17,22H,2,5-6,8,13-16,18H2,(H,28,32)(H,30,33). The third-order valence-corrected chi connectivity index (χ3v) is 8.23. The Bertz CT molecular complexity index is 1140. The summed E-state index contributed by atoms with van der Waals surface area (Å²) in [5.74, 6) is -0.667. The Balaban J connectivity index is 1.18. The molecule has 1 aliphatic carbocycles. The second-order valence-electron chi connectivity index (χ2n) is 9.48. The molecule has 1 unspecified atom stereocenters. The summed E-state index contributed by atoms with van der Waals surface area (Å²) in [5, 5.41) is 6.32. The SMILES string of the molecule is O=C(CC1SC(N2CCCCC2)=NC1=O)Nc1cccc(C(=O)NC2(c3ccccc3)CCC2)c1. The van der Waals surface area contributed by atoms with Crippen LogP contribution in [0.5, 0.6) is 0 Å². The lowest BCUT2D eigenvalue weighted by Gasteiger charge is -2.43. The molecule has 0 aromatic heterocycles. The molecule has 8 heteroatoms. The number of aliphatic imine (C=N–C) groups is 1. The first-order valence-corrected chi connectivity index (χ1v) is 13.2. The number of rotatable bonds is 6. The van der Waals surface area contributed by atoms with Crippen molar-refractivity contribution in [3.63, 3.8) is 0 Å². The molecule has 7 nitrogen and oxygen atoms in total. The van der Waals surface area contributed by atoms with Crippen LogP contribution in [-0.2, 0) is 15.1 Å². The maximum atomic E-state index is 13.1. The van der Waals surface area contributed by atoms with Gasteiger partial charge in [0, 0.05) is 30.8 Å². The van der Waals surface area contributed by atoms with Gasteiger partial charge in [0.15, 0.2) is 5.17 Å². The molecule has 2 aromatic rings. The van der Waals surface area contributed by atoms with Gasteiger partial charge in [-0.25, -0.2) is 0 Å². The van der Waals surface area contributed by atoms with E-state index in [1.54, 1.807) is 24.3 Å². The summed E-state index contributed by atoms with van der Waals surface area (Å²) in [6.07, 6.45) is 6.37. The quantitative estimate of drug-likeness (QED) is 0.630. The number of thioether (sulfide) groups is 1. The molecule has 3 amide bonds. The van der Waals surface area contributed by atoms with Crippen molar-refractivity contribution in [1.82, 2.24) is 10.2 Å². The van der Waals surface area contributed by atoms with Crippen molar-refractivity contribution < 1.29 is 14.4 Å². The largest absolute Gasteiger partial charge is 0.351 e. The van der Waals surface area contributed by atoms with E-state index in [1.807, 2.05) is 18.2 Å². The average molecular weight is 491 g/mol. The molecule has 2 heterocycles. The highest BCUT2D eigenvalue weighted by Gasteiger charge is 2.40. The molecule has 2 aliphatic heterocycles. The molecular weight excluding hydrogens is 460 g/mol. The summed E-state index contributed by atoms with van der Waals surface area (Å²) < 4.78 is 0. The Kier molecular flexibility index (Phi) is 6.90. The highest BCUT2D eigenvalue weighted by atomic mass is 32.2. The number of hydrogen-bond acceptors (Lipinski definition) is 5. The minimum absolute atomic E-state index is 0.0535. The molecule has 182 valence electrons. The van der Waals surface area contributed by atoms with Crippen molar-refractivity contribution in [3.8, 4) is 0 Å². The van der Waals surface area contributed by atoms with Crippen LogP contribution in [0.4, 0.5) is 5.69 Å². The maximum Gasteiger partial charge on any atom is 0.262 e. The summed E-state index contributed by atoms with van der Waals surface area (Å²) in [5.41, 5.74) is 1.82. The zero-order chi connectivity index (χ0) is 24.3. The van der Waals surface area contributed by atoms with Gasteiger partial charge in [-0.1, -0.05) is 48.2 Å². The number of likely N-dealkylation sites (tertiary alicyclic amines) is 1. The Morgan fingerprint density at radius 1 is 1.00 bits per heavy atom. The molecule has 0 radical (unpaired) electrons. The number of amides is 3. The Labute approximate surface area is 209 Å². The fraction of sp³-hybridized carbons (Fsp3) is 0.407. The monoisotopic (exact) mass is 490 g/mol. The second kappa shape index (κ2) is 10.2. The van der Waals surface area contributed by atoms with Crippen LogP contribution in [0.1, 0.15) is 60.9 Å². The third kappa shape index (κ3) is 5.27. The predicted octanol–water partition coefficient (Wildman–Crippen LogP) is 4.31. The van der Waals surface area contributed by atoms with Gasteiger partial charge in [-0.2, -0.15) is 4.99 Å². The summed E-state index contributed by atoms with van der Waals surface area (Å²) >= 11 is 1.39. The second-order valence-corrected chi connectivity index (χ2v) is 10.6. The minimum Gasteiger partial charge on any atom is -0.351 e. The van der Waals surface area contributed by atoms with Gasteiger partial charge in [0.25, 0.3) is 11.8 Å². The zero-order valence-corrected chi connectivity index (χ0v) is 20.5. The van der Waals surface area contributed by atoms with Crippen molar-refractivity contribution in [3.05, 3.63) is 65.7 Å².